The standard InChI is InChI=1S/C36H50N4O6S/c1-25(2)23-40(47(44,45)31-21-19-29(37)20-22-31)30(24-41)17-12-18-32(26(3)4)38-35(42)34(39-36(43)46-5)33(27-13-8-6-9-14-27)28-15-10-7-11-16-28/h6-11,13-16,19-22,25-26,30,32-34,41H,12,17-18,23-24,37H2,1-5H3,(H,38,42)(H,39,43)/t30-,32+,34-/m0/s1. The van der Waals surface area contributed by atoms with Crippen LogP contribution in [0.1, 0.15) is 64.0 Å². The molecule has 0 saturated heterocycles. The average Bonchev–Trinajstić information content (AvgIpc) is 3.05. The minimum Gasteiger partial charge on any atom is -0.453 e. The lowest BCUT2D eigenvalue weighted by Gasteiger charge is -2.33. The number of carbonyl (C=O) groups excluding carboxylic acids is 2. The van der Waals surface area contributed by atoms with E-state index in [1.54, 1.807) is 12.1 Å². The normalized spacial score (nSPS) is 13.8. The summed E-state index contributed by atoms with van der Waals surface area (Å²) in [6, 6.07) is 23.2. The van der Waals surface area contributed by atoms with Crippen molar-refractivity contribution in [1.29, 1.82) is 0 Å². The van der Waals surface area contributed by atoms with Crippen LogP contribution >= 0.6 is 0 Å². The summed E-state index contributed by atoms with van der Waals surface area (Å²) in [6.45, 7) is 7.76. The molecular weight excluding hydrogens is 616 g/mol. The van der Waals surface area contributed by atoms with Crippen molar-refractivity contribution in [2.45, 2.75) is 75.9 Å². The van der Waals surface area contributed by atoms with Crippen LogP contribution in [0.5, 0.6) is 0 Å². The van der Waals surface area contributed by atoms with Crippen LogP contribution in [-0.4, -0.2) is 68.2 Å². The number of methoxy groups -OCH3 is 1. The van der Waals surface area contributed by atoms with Gasteiger partial charge in [-0.15, -0.1) is 0 Å². The van der Waals surface area contributed by atoms with Gasteiger partial charge in [-0.2, -0.15) is 4.31 Å². The highest BCUT2D eigenvalue weighted by atomic mass is 32.2. The van der Waals surface area contributed by atoms with Gasteiger partial charge in [-0.25, -0.2) is 13.2 Å². The van der Waals surface area contributed by atoms with E-state index in [2.05, 4.69) is 10.6 Å². The molecule has 0 unspecified atom stereocenters. The molecule has 47 heavy (non-hydrogen) atoms. The predicted molar refractivity (Wildman–Crippen MR) is 185 cm³/mol. The molecule has 3 rings (SSSR count). The Balaban J connectivity index is 1.83. The molecule has 2 amide bonds. The van der Waals surface area contributed by atoms with Crippen molar-refractivity contribution in [2.75, 3.05) is 26.0 Å². The van der Waals surface area contributed by atoms with E-state index in [0.29, 0.717) is 24.9 Å². The predicted octanol–water partition coefficient (Wildman–Crippen LogP) is 5.14. The SMILES string of the molecule is COC(=O)N[C@H](C(=O)N[C@H](CCC[C@@H](CO)N(CC(C)C)S(=O)(=O)c1ccc(N)cc1)C(C)C)C(c1ccccc1)c1ccccc1. The maximum absolute atomic E-state index is 14.1. The molecule has 10 nitrogen and oxygen atoms in total. The minimum atomic E-state index is -3.90. The number of ether oxygens (including phenoxy) is 1. The monoisotopic (exact) mass is 666 g/mol. The third kappa shape index (κ3) is 10.5. The van der Waals surface area contributed by atoms with Crippen LogP contribution in [-0.2, 0) is 19.6 Å². The number of anilines is 1. The van der Waals surface area contributed by atoms with Gasteiger partial charge in [-0.3, -0.25) is 4.79 Å². The van der Waals surface area contributed by atoms with Gasteiger partial charge in [0.25, 0.3) is 0 Å². The summed E-state index contributed by atoms with van der Waals surface area (Å²) in [5, 5.41) is 16.3. The number of nitrogens with zero attached hydrogens (tertiary/aromatic N) is 1. The second kappa shape index (κ2) is 17.8. The number of carbonyl (C=O) groups is 2. The van der Waals surface area contributed by atoms with E-state index in [-0.39, 0.29) is 41.8 Å². The van der Waals surface area contributed by atoms with Gasteiger partial charge >= 0.3 is 6.09 Å². The summed E-state index contributed by atoms with van der Waals surface area (Å²) in [7, 11) is -2.64. The third-order valence-corrected chi connectivity index (χ3v) is 10.2. The Labute approximate surface area is 279 Å². The fourth-order valence-electron chi connectivity index (χ4n) is 5.71. The molecule has 0 aromatic heterocycles. The first kappa shape index (κ1) is 37.5. The van der Waals surface area contributed by atoms with Crippen molar-refractivity contribution in [3.63, 3.8) is 0 Å². The highest BCUT2D eigenvalue weighted by Crippen LogP contribution is 2.29. The lowest BCUT2D eigenvalue weighted by atomic mass is 9.84. The molecule has 256 valence electrons. The molecule has 0 radical (unpaired) electrons. The first-order chi connectivity index (χ1) is 22.4. The van der Waals surface area contributed by atoms with Gasteiger partial charge in [0.15, 0.2) is 0 Å². The van der Waals surface area contributed by atoms with Crippen molar-refractivity contribution in [3.8, 4) is 0 Å². The summed E-state index contributed by atoms with van der Waals surface area (Å²) >= 11 is 0. The van der Waals surface area contributed by atoms with Crippen molar-refractivity contribution in [2.24, 2.45) is 11.8 Å². The summed E-state index contributed by atoms with van der Waals surface area (Å²) < 4.78 is 33.7. The Kier molecular flexibility index (Phi) is 14.2. The van der Waals surface area contributed by atoms with Gasteiger partial charge in [0.1, 0.15) is 6.04 Å². The number of rotatable bonds is 17. The van der Waals surface area contributed by atoms with Gasteiger partial charge < -0.3 is 26.2 Å². The number of amides is 2. The van der Waals surface area contributed by atoms with Gasteiger partial charge in [-0.1, -0.05) is 88.4 Å². The number of alkyl carbamates (subject to hydrolysis) is 1. The Morgan fingerprint density at radius 1 is 0.851 bits per heavy atom. The summed E-state index contributed by atoms with van der Waals surface area (Å²) in [5.74, 6) is -0.802. The first-order valence-corrected chi connectivity index (χ1v) is 17.6. The van der Waals surface area contributed by atoms with E-state index in [0.717, 1.165) is 11.1 Å². The van der Waals surface area contributed by atoms with E-state index in [1.807, 2.05) is 88.4 Å². The van der Waals surface area contributed by atoms with Gasteiger partial charge in [0.2, 0.25) is 15.9 Å². The largest absolute Gasteiger partial charge is 0.453 e. The number of nitrogens with two attached hydrogens (primary N) is 1. The van der Waals surface area contributed by atoms with E-state index < -0.39 is 34.1 Å². The second-order valence-corrected chi connectivity index (χ2v) is 14.5. The highest BCUT2D eigenvalue weighted by molar-refractivity contribution is 7.89. The number of benzene rings is 3. The van der Waals surface area contributed by atoms with Gasteiger partial charge in [0.05, 0.1) is 18.6 Å². The molecule has 0 spiro atoms. The lowest BCUT2D eigenvalue weighted by molar-refractivity contribution is -0.124. The maximum atomic E-state index is 14.1. The van der Waals surface area contributed by atoms with E-state index in [9.17, 15) is 23.1 Å². The molecule has 0 aliphatic rings. The first-order valence-electron chi connectivity index (χ1n) is 16.1. The molecule has 0 fully saturated rings. The Morgan fingerprint density at radius 2 is 1.40 bits per heavy atom. The Hall–Kier alpha value is -3.93. The van der Waals surface area contributed by atoms with Gasteiger partial charge in [0, 0.05) is 30.2 Å². The zero-order valence-corrected chi connectivity index (χ0v) is 28.8. The minimum absolute atomic E-state index is 0.0247. The summed E-state index contributed by atoms with van der Waals surface area (Å²) in [5.41, 5.74) is 7.96. The van der Waals surface area contributed by atoms with Crippen LogP contribution in [0.15, 0.2) is 89.8 Å². The summed E-state index contributed by atoms with van der Waals surface area (Å²) in [4.78, 5) is 26.7. The number of nitrogens with one attached hydrogen (secondary N) is 2. The highest BCUT2D eigenvalue weighted by Gasteiger charge is 2.35. The van der Waals surface area contributed by atoms with Crippen molar-refractivity contribution in [1.82, 2.24) is 14.9 Å². The molecule has 0 saturated carbocycles. The van der Waals surface area contributed by atoms with Crippen LogP contribution in [0.25, 0.3) is 0 Å². The van der Waals surface area contributed by atoms with E-state index in [4.69, 9.17) is 10.5 Å². The van der Waals surface area contributed by atoms with Crippen molar-refractivity contribution < 1.29 is 27.9 Å². The maximum Gasteiger partial charge on any atom is 0.407 e. The van der Waals surface area contributed by atoms with Crippen molar-refractivity contribution >= 4 is 27.7 Å². The average molecular weight is 667 g/mol. The molecule has 0 aliphatic carbocycles. The van der Waals surface area contributed by atoms with E-state index in [1.165, 1.54) is 23.5 Å². The number of aliphatic hydroxyl groups is 1. The Morgan fingerprint density at radius 3 is 1.87 bits per heavy atom. The lowest BCUT2D eigenvalue weighted by Crippen LogP contribution is -2.53. The zero-order chi connectivity index (χ0) is 34.6. The Bertz CT molecular complexity index is 1460. The molecule has 3 atom stereocenters. The smallest absolute Gasteiger partial charge is 0.407 e. The quantitative estimate of drug-likeness (QED) is 0.146. The van der Waals surface area contributed by atoms with Crippen LogP contribution in [0.3, 0.4) is 0 Å². The second-order valence-electron chi connectivity index (χ2n) is 12.6. The molecule has 0 aliphatic heterocycles. The molecule has 3 aromatic rings. The fourth-order valence-corrected chi connectivity index (χ4v) is 7.52. The molecule has 3 aromatic carbocycles. The number of hydrogen-bond donors (Lipinski definition) is 4. The molecule has 11 heteroatoms. The fraction of sp³-hybridized carbons (Fsp3) is 0.444. The number of nitrogen functional groups attached to an aromatic ring is 1. The van der Waals surface area contributed by atoms with Crippen LogP contribution < -0.4 is 16.4 Å². The number of aliphatic hydroxyl groups excluding tert-OH is 1. The topological polar surface area (TPSA) is 151 Å². The number of sulfonamides is 1. The van der Waals surface area contributed by atoms with Crippen molar-refractivity contribution in [3.05, 3.63) is 96.1 Å². The molecular formula is C36H50N4O6S. The van der Waals surface area contributed by atoms with E-state index >= 15 is 0 Å². The zero-order valence-electron chi connectivity index (χ0n) is 28.0. The third-order valence-electron chi connectivity index (χ3n) is 8.23. The van der Waals surface area contributed by atoms with Crippen LogP contribution in [0.2, 0.25) is 0 Å². The molecule has 0 heterocycles. The van der Waals surface area contributed by atoms with Crippen LogP contribution in [0.4, 0.5) is 10.5 Å². The van der Waals surface area contributed by atoms with Crippen LogP contribution in [0, 0.1) is 11.8 Å². The molecule has 0 bridgehead atoms. The summed E-state index contributed by atoms with van der Waals surface area (Å²) in [6.07, 6.45) is 0.734. The molecule has 5 N–H and O–H groups in total. The number of hydrogen-bond acceptors (Lipinski definition) is 7. The van der Waals surface area contributed by atoms with Gasteiger partial charge in [-0.05, 0) is 66.5 Å².